The molecule has 0 saturated heterocycles. The molecule has 68 valence electrons. The molecule has 4 heteroatoms. The molecule has 0 unspecified atom stereocenters. The van der Waals surface area contributed by atoms with E-state index in [1.807, 2.05) is 42.6 Å². The maximum absolute atomic E-state index is 4.35. The van der Waals surface area contributed by atoms with Crippen LogP contribution in [-0.2, 0) is 0 Å². The van der Waals surface area contributed by atoms with Gasteiger partial charge in [-0.05, 0) is 6.92 Å². The Kier molecular flexibility index (Phi) is 1.69. The van der Waals surface area contributed by atoms with E-state index < -0.39 is 0 Å². The van der Waals surface area contributed by atoms with E-state index in [4.69, 9.17) is 0 Å². The van der Waals surface area contributed by atoms with Gasteiger partial charge < -0.3 is 4.90 Å². The maximum atomic E-state index is 4.35. The Bertz CT molecular complexity index is 430. The SMILES string of the molecule is Cc1cc(N(C)C)n2nccc2n1. The smallest absolute Gasteiger partial charge is 0.157 e. The fourth-order valence-electron chi connectivity index (χ4n) is 1.34. The zero-order chi connectivity index (χ0) is 9.42. The minimum atomic E-state index is 0.892. The molecular weight excluding hydrogens is 164 g/mol. The van der Waals surface area contributed by atoms with Crippen LogP contribution in [0.25, 0.3) is 5.65 Å². The van der Waals surface area contributed by atoms with Gasteiger partial charge in [-0.3, -0.25) is 0 Å². The molecule has 0 saturated carbocycles. The summed E-state index contributed by atoms with van der Waals surface area (Å²) in [4.78, 5) is 6.38. The molecule has 4 nitrogen and oxygen atoms in total. The maximum Gasteiger partial charge on any atom is 0.157 e. The molecule has 0 aliphatic heterocycles. The molecule has 2 heterocycles. The lowest BCUT2D eigenvalue weighted by Gasteiger charge is -2.13. The Morgan fingerprint density at radius 2 is 2.15 bits per heavy atom. The first kappa shape index (κ1) is 8.04. The second kappa shape index (κ2) is 2.73. The number of fused-ring (bicyclic) bond motifs is 1. The third kappa shape index (κ3) is 1.24. The monoisotopic (exact) mass is 176 g/mol. The van der Waals surface area contributed by atoms with Crippen molar-refractivity contribution in [3.63, 3.8) is 0 Å². The fraction of sp³-hybridized carbons (Fsp3) is 0.333. The van der Waals surface area contributed by atoms with Crippen molar-refractivity contribution in [2.45, 2.75) is 6.92 Å². The van der Waals surface area contributed by atoms with Gasteiger partial charge in [-0.25, -0.2) is 4.98 Å². The summed E-state index contributed by atoms with van der Waals surface area (Å²) in [5, 5.41) is 4.19. The number of nitrogens with zero attached hydrogens (tertiary/aromatic N) is 4. The van der Waals surface area contributed by atoms with E-state index in [1.165, 1.54) is 0 Å². The Balaban J connectivity index is 2.77. The summed E-state index contributed by atoms with van der Waals surface area (Å²) < 4.78 is 1.83. The minimum absolute atomic E-state index is 0.892. The van der Waals surface area contributed by atoms with Crippen LogP contribution in [0.15, 0.2) is 18.3 Å². The van der Waals surface area contributed by atoms with Gasteiger partial charge in [0, 0.05) is 31.9 Å². The first-order chi connectivity index (χ1) is 6.18. The second-order valence-corrected chi connectivity index (χ2v) is 3.25. The van der Waals surface area contributed by atoms with E-state index in [9.17, 15) is 0 Å². The Labute approximate surface area is 76.8 Å². The third-order valence-electron chi connectivity index (χ3n) is 1.93. The van der Waals surface area contributed by atoms with Crippen LogP contribution in [0.2, 0.25) is 0 Å². The van der Waals surface area contributed by atoms with Crippen molar-refractivity contribution in [2.75, 3.05) is 19.0 Å². The molecule has 0 atom stereocenters. The largest absolute Gasteiger partial charge is 0.363 e. The van der Waals surface area contributed by atoms with E-state index in [0.29, 0.717) is 0 Å². The lowest BCUT2D eigenvalue weighted by atomic mass is 10.4. The lowest BCUT2D eigenvalue weighted by molar-refractivity contribution is 0.889. The fourth-order valence-corrected chi connectivity index (χ4v) is 1.34. The second-order valence-electron chi connectivity index (χ2n) is 3.25. The number of rotatable bonds is 1. The number of hydrogen-bond donors (Lipinski definition) is 0. The number of anilines is 1. The van der Waals surface area contributed by atoms with Crippen molar-refractivity contribution < 1.29 is 0 Å². The number of aromatic nitrogens is 3. The van der Waals surface area contributed by atoms with E-state index in [2.05, 4.69) is 10.1 Å². The molecule has 2 aromatic rings. The van der Waals surface area contributed by atoms with Gasteiger partial charge in [0.25, 0.3) is 0 Å². The highest BCUT2D eigenvalue weighted by molar-refractivity contribution is 5.49. The zero-order valence-electron chi connectivity index (χ0n) is 8.02. The summed E-state index contributed by atoms with van der Waals surface area (Å²) in [7, 11) is 3.99. The molecule has 0 fully saturated rings. The molecule has 2 rings (SSSR count). The Morgan fingerprint density at radius 3 is 2.85 bits per heavy atom. The van der Waals surface area contributed by atoms with Crippen molar-refractivity contribution in [2.24, 2.45) is 0 Å². The topological polar surface area (TPSA) is 33.4 Å². The van der Waals surface area contributed by atoms with Gasteiger partial charge in [0.05, 0.1) is 6.20 Å². The molecule has 0 amide bonds. The van der Waals surface area contributed by atoms with Crippen LogP contribution in [0.3, 0.4) is 0 Å². The first-order valence-corrected chi connectivity index (χ1v) is 4.17. The van der Waals surface area contributed by atoms with Crippen molar-refractivity contribution in [1.29, 1.82) is 0 Å². The van der Waals surface area contributed by atoms with Gasteiger partial charge in [-0.2, -0.15) is 9.61 Å². The zero-order valence-corrected chi connectivity index (χ0v) is 8.02. The van der Waals surface area contributed by atoms with Gasteiger partial charge >= 0.3 is 0 Å². The predicted molar refractivity (Wildman–Crippen MR) is 52.1 cm³/mol. The summed E-state index contributed by atoms with van der Waals surface area (Å²) in [6, 6.07) is 3.92. The number of aryl methyl sites for hydroxylation is 1. The summed E-state index contributed by atoms with van der Waals surface area (Å²) in [6.45, 7) is 1.99. The molecule has 0 aromatic carbocycles. The van der Waals surface area contributed by atoms with E-state index >= 15 is 0 Å². The van der Waals surface area contributed by atoms with Crippen LogP contribution >= 0.6 is 0 Å². The van der Waals surface area contributed by atoms with Crippen molar-refractivity contribution in [3.05, 3.63) is 24.0 Å². The average Bonchev–Trinajstić information content (AvgIpc) is 2.49. The Morgan fingerprint density at radius 1 is 1.38 bits per heavy atom. The van der Waals surface area contributed by atoms with Crippen molar-refractivity contribution >= 4 is 11.5 Å². The van der Waals surface area contributed by atoms with Gasteiger partial charge in [0.1, 0.15) is 5.82 Å². The summed E-state index contributed by atoms with van der Waals surface area (Å²) in [5.41, 5.74) is 1.90. The molecule has 0 N–H and O–H groups in total. The standard InChI is InChI=1S/C9H12N4/c1-7-6-9(12(2)3)13-8(11-7)4-5-10-13/h4-6H,1-3H3. The average molecular weight is 176 g/mol. The normalized spacial score (nSPS) is 10.7. The van der Waals surface area contributed by atoms with Gasteiger partial charge in [0.2, 0.25) is 0 Å². The molecule has 0 aliphatic carbocycles. The third-order valence-corrected chi connectivity index (χ3v) is 1.93. The Hall–Kier alpha value is -1.58. The van der Waals surface area contributed by atoms with Crippen LogP contribution in [0.4, 0.5) is 5.82 Å². The molecule has 13 heavy (non-hydrogen) atoms. The van der Waals surface area contributed by atoms with Gasteiger partial charge in [0.15, 0.2) is 5.65 Å². The van der Waals surface area contributed by atoms with Crippen molar-refractivity contribution in [3.8, 4) is 0 Å². The van der Waals surface area contributed by atoms with Crippen LogP contribution in [0.1, 0.15) is 5.69 Å². The quantitative estimate of drug-likeness (QED) is 0.652. The van der Waals surface area contributed by atoms with E-state index in [1.54, 1.807) is 6.20 Å². The lowest BCUT2D eigenvalue weighted by Crippen LogP contribution is -2.14. The molecular formula is C9H12N4. The van der Waals surface area contributed by atoms with Crippen LogP contribution in [-0.4, -0.2) is 28.7 Å². The summed E-state index contributed by atoms with van der Waals surface area (Å²) in [5.74, 6) is 1.05. The summed E-state index contributed by atoms with van der Waals surface area (Å²) in [6.07, 6.45) is 1.76. The predicted octanol–water partition coefficient (Wildman–Crippen LogP) is 1.10. The molecule has 0 radical (unpaired) electrons. The highest BCUT2D eigenvalue weighted by atomic mass is 15.3. The van der Waals surface area contributed by atoms with Crippen LogP contribution < -0.4 is 4.90 Å². The van der Waals surface area contributed by atoms with Crippen molar-refractivity contribution in [1.82, 2.24) is 14.6 Å². The van der Waals surface area contributed by atoms with Crippen LogP contribution in [0, 0.1) is 6.92 Å². The van der Waals surface area contributed by atoms with E-state index in [0.717, 1.165) is 17.2 Å². The molecule has 2 aromatic heterocycles. The first-order valence-electron chi connectivity index (χ1n) is 4.17. The summed E-state index contributed by atoms with van der Waals surface area (Å²) >= 11 is 0. The van der Waals surface area contributed by atoms with Gasteiger partial charge in [-0.15, -0.1) is 0 Å². The molecule has 0 bridgehead atoms. The van der Waals surface area contributed by atoms with Crippen LogP contribution in [0.5, 0.6) is 0 Å². The molecule has 0 spiro atoms. The molecule has 0 aliphatic rings. The number of hydrogen-bond acceptors (Lipinski definition) is 3. The highest BCUT2D eigenvalue weighted by Gasteiger charge is 2.04. The van der Waals surface area contributed by atoms with Gasteiger partial charge in [-0.1, -0.05) is 0 Å². The minimum Gasteiger partial charge on any atom is -0.363 e. The van der Waals surface area contributed by atoms with E-state index in [-0.39, 0.29) is 0 Å². The highest BCUT2D eigenvalue weighted by Crippen LogP contribution is 2.13.